The summed E-state index contributed by atoms with van der Waals surface area (Å²) in [6, 6.07) is 4.32. The Morgan fingerprint density at radius 1 is 1.12 bits per heavy atom. The highest BCUT2D eigenvalue weighted by atomic mass is 16.5. The topological polar surface area (TPSA) is 68.9 Å². The Hall–Kier alpha value is -1.93. The van der Waals surface area contributed by atoms with Crippen LogP contribution >= 0.6 is 0 Å². The Kier molecular flexibility index (Phi) is 4.24. The van der Waals surface area contributed by atoms with Gasteiger partial charge in [-0.05, 0) is 31.9 Å². The number of carbonyl (C=O) groups is 1. The summed E-state index contributed by atoms with van der Waals surface area (Å²) < 4.78 is 5.40. The molecule has 7 heteroatoms. The quantitative estimate of drug-likeness (QED) is 0.726. The molecule has 0 aromatic heterocycles. The summed E-state index contributed by atoms with van der Waals surface area (Å²) in [7, 11) is 0. The fraction of sp³-hybridized carbons (Fsp3) is 0.500. The third kappa shape index (κ3) is 3.04. The van der Waals surface area contributed by atoms with Gasteiger partial charge in [0.25, 0.3) is 5.91 Å². The van der Waals surface area contributed by atoms with E-state index in [1.165, 1.54) is 16.7 Å². The van der Waals surface area contributed by atoms with E-state index in [0.717, 1.165) is 18.8 Å². The van der Waals surface area contributed by atoms with E-state index in [-0.39, 0.29) is 18.4 Å². The Morgan fingerprint density at radius 2 is 1.80 bits per heavy atom. The van der Waals surface area contributed by atoms with Crippen molar-refractivity contribution in [1.82, 2.24) is 21.0 Å². The van der Waals surface area contributed by atoms with Crippen molar-refractivity contribution in [3.05, 3.63) is 40.6 Å². The summed E-state index contributed by atoms with van der Waals surface area (Å²) >= 11 is 0. The number of nitrogens with one attached hydrogen (secondary N) is 3. The summed E-state index contributed by atoms with van der Waals surface area (Å²) in [6.45, 7) is 9.31. The standard InChI is InChI=1S/C18H25N5O2/c1-11-8-12(2)15(13(3)9-11)23-10-14-16(21-23)19-18(20-17(14)24)22-4-6-25-7-5-22/h8-10,16,18-19,21H,4-7H2,1-3H3,(H,20,24). The molecule has 3 aliphatic rings. The maximum Gasteiger partial charge on any atom is 0.254 e. The molecule has 3 N–H and O–H groups in total. The van der Waals surface area contributed by atoms with Crippen LogP contribution in [0.1, 0.15) is 16.7 Å². The minimum absolute atomic E-state index is 0.0299. The minimum atomic E-state index is -0.193. The van der Waals surface area contributed by atoms with Gasteiger partial charge in [-0.25, -0.2) is 5.43 Å². The van der Waals surface area contributed by atoms with Crippen LogP contribution in [0.2, 0.25) is 0 Å². The van der Waals surface area contributed by atoms with Crippen LogP contribution < -0.4 is 21.1 Å². The van der Waals surface area contributed by atoms with Gasteiger partial charge in [0.15, 0.2) is 0 Å². The molecule has 25 heavy (non-hydrogen) atoms. The molecule has 1 aromatic rings. The molecule has 0 saturated carbocycles. The zero-order valence-corrected chi connectivity index (χ0v) is 14.9. The molecule has 0 bridgehead atoms. The molecule has 2 fully saturated rings. The number of hydrogen-bond donors (Lipinski definition) is 3. The highest BCUT2D eigenvalue weighted by Gasteiger charge is 2.39. The van der Waals surface area contributed by atoms with Gasteiger partial charge in [0.1, 0.15) is 12.5 Å². The summed E-state index contributed by atoms with van der Waals surface area (Å²) in [6.07, 6.45) is 1.53. The van der Waals surface area contributed by atoms with Gasteiger partial charge in [-0.3, -0.25) is 20.0 Å². The van der Waals surface area contributed by atoms with Crippen molar-refractivity contribution in [1.29, 1.82) is 0 Å². The molecule has 3 heterocycles. The smallest absolute Gasteiger partial charge is 0.254 e. The summed E-state index contributed by atoms with van der Waals surface area (Å²) in [4.78, 5) is 14.8. The molecule has 0 spiro atoms. The van der Waals surface area contributed by atoms with Crippen molar-refractivity contribution in [2.75, 3.05) is 31.3 Å². The Bertz CT molecular complexity index is 703. The van der Waals surface area contributed by atoms with E-state index in [1.54, 1.807) is 0 Å². The lowest BCUT2D eigenvalue weighted by Gasteiger charge is -2.40. The summed E-state index contributed by atoms with van der Waals surface area (Å²) in [5.74, 6) is -0.0299. The summed E-state index contributed by atoms with van der Waals surface area (Å²) in [5, 5.41) is 8.51. The average molecular weight is 343 g/mol. The molecule has 1 aromatic carbocycles. The van der Waals surface area contributed by atoms with Crippen molar-refractivity contribution in [2.24, 2.45) is 0 Å². The van der Waals surface area contributed by atoms with Crippen LogP contribution in [0.4, 0.5) is 5.69 Å². The third-order valence-electron chi connectivity index (χ3n) is 4.99. The normalized spacial score (nSPS) is 27.1. The van der Waals surface area contributed by atoms with E-state index < -0.39 is 0 Å². The molecule has 1 amide bonds. The molecular formula is C18H25N5O2. The number of aryl methyl sites for hydroxylation is 3. The van der Waals surface area contributed by atoms with Crippen LogP contribution in [0.15, 0.2) is 23.9 Å². The lowest BCUT2D eigenvalue weighted by molar-refractivity contribution is -0.123. The van der Waals surface area contributed by atoms with Crippen LogP contribution in [0.3, 0.4) is 0 Å². The summed E-state index contributed by atoms with van der Waals surface area (Å²) in [5.41, 5.74) is 8.85. The van der Waals surface area contributed by atoms with Crippen LogP contribution in [0.25, 0.3) is 0 Å². The van der Waals surface area contributed by atoms with Gasteiger partial charge in [0.05, 0.1) is 24.5 Å². The maximum atomic E-state index is 12.6. The lowest BCUT2D eigenvalue weighted by atomic mass is 10.0. The SMILES string of the molecule is Cc1cc(C)c(N2C=C3C(=O)NC(N4CCOCC4)NC3N2)c(C)c1. The number of morpholine rings is 1. The van der Waals surface area contributed by atoms with Crippen LogP contribution in [0.5, 0.6) is 0 Å². The second kappa shape index (κ2) is 6.42. The molecule has 2 unspecified atom stereocenters. The van der Waals surface area contributed by atoms with Crippen molar-refractivity contribution < 1.29 is 9.53 Å². The van der Waals surface area contributed by atoms with Crippen LogP contribution in [-0.2, 0) is 9.53 Å². The number of carbonyl (C=O) groups excluding carboxylic acids is 1. The van der Waals surface area contributed by atoms with E-state index in [1.807, 2.05) is 11.2 Å². The molecule has 3 aliphatic heterocycles. The van der Waals surface area contributed by atoms with Gasteiger partial charge in [-0.15, -0.1) is 0 Å². The molecule has 7 nitrogen and oxygen atoms in total. The monoisotopic (exact) mass is 343 g/mol. The van der Waals surface area contributed by atoms with Crippen molar-refractivity contribution in [2.45, 2.75) is 33.2 Å². The number of hydrazine groups is 1. The molecule has 0 radical (unpaired) electrons. The zero-order chi connectivity index (χ0) is 17.6. The zero-order valence-electron chi connectivity index (χ0n) is 14.9. The fourth-order valence-electron chi connectivity index (χ4n) is 3.90. The number of hydrogen-bond acceptors (Lipinski definition) is 6. The van der Waals surface area contributed by atoms with E-state index in [4.69, 9.17) is 4.74 Å². The van der Waals surface area contributed by atoms with Gasteiger partial charge in [0.2, 0.25) is 0 Å². The number of nitrogens with zero attached hydrogens (tertiary/aromatic N) is 2. The molecule has 0 aliphatic carbocycles. The highest BCUT2D eigenvalue weighted by molar-refractivity contribution is 5.96. The second-order valence-electron chi connectivity index (χ2n) is 6.95. The van der Waals surface area contributed by atoms with Gasteiger partial charge < -0.3 is 10.1 Å². The maximum absolute atomic E-state index is 12.6. The molecule has 2 atom stereocenters. The van der Waals surface area contributed by atoms with Gasteiger partial charge in [-0.1, -0.05) is 17.7 Å². The lowest BCUT2D eigenvalue weighted by Crippen LogP contribution is -2.68. The Balaban J connectivity index is 1.55. The molecule has 2 saturated heterocycles. The first-order valence-electron chi connectivity index (χ1n) is 8.76. The van der Waals surface area contributed by atoms with Crippen molar-refractivity contribution in [3.63, 3.8) is 0 Å². The highest BCUT2D eigenvalue weighted by Crippen LogP contribution is 2.29. The molecule has 4 rings (SSSR count). The number of ether oxygens (including phenoxy) is 1. The van der Waals surface area contributed by atoms with Gasteiger partial charge in [0, 0.05) is 19.3 Å². The number of fused-ring (bicyclic) bond motifs is 1. The number of rotatable bonds is 2. The van der Waals surface area contributed by atoms with Gasteiger partial charge in [-0.2, -0.15) is 0 Å². The van der Waals surface area contributed by atoms with E-state index in [0.29, 0.717) is 18.8 Å². The largest absolute Gasteiger partial charge is 0.379 e. The van der Waals surface area contributed by atoms with Crippen LogP contribution in [-0.4, -0.2) is 49.6 Å². The van der Waals surface area contributed by atoms with E-state index >= 15 is 0 Å². The first-order chi connectivity index (χ1) is 12.0. The number of anilines is 1. The van der Waals surface area contributed by atoms with Gasteiger partial charge >= 0.3 is 0 Å². The molecule has 134 valence electrons. The van der Waals surface area contributed by atoms with Crippen molar-refractivity contribution >= 4 is 11.6 Å². The van der Waals surface area contributed by atoms with Crippen molar-refractivity contribution in [3.8, 4) is 0 Å². The Morgan fingerprint density at radius 3 is 2.48 bits per heavy atom. The minimum Gasteiger partial charge on any atom is -0.379 e. The van der Waals surface area contributed by atoms with E-state index in [2.05, 4.69) is 53.9 Å². The predicted molar refractivity (Wildman–Crippen MR) is 95.6 cm³/mol. The fourth-order valence-corrected chi connectivity index (χ4v) is 3.90. The first kappa shape index (κ1) is 16.5. The van der Waals surface area contributed by atoms with Crippen LogP contribution in [0, 0.1) is 20.8 Å². The predicted octanol–water partition coefficient (Wildman–Crippen LogP) is 0.482. The molecular weight excluding hydrogens is 318 g/mol. The number of amides is 1. The third-order valence-corrected chi connectivity index (χ3v) is 4.99. The first-order valence-corrected chi connectivity index (χ1v) is 8.76. The Labute approximate surface area is 148 Å². The average Bonchev–Trinajstić information content (AvgIpc) is 2.99. The van der Waals surface area contributed by atoms with E-state index in [9.17, 15) is 4.79 Å². The second-order valence-corrected chi connectivity index (χ2v) is 6.95. The number of benzene rings is 1.